The minimum absolute atomic E-state index is 0.489. The van der Waals surface area contributed by atoms with Crippen molar-refractivity contribution in [1.29, 1.82) is 0 Å². The van der Waals surface area contributed by atoms with Crippen LogP contribution in [0.4, 0.5) is 0 Å². The van der Waals surface area contributed by atoms with Crippen LogP contribution in [0.1, 0.15) is 45.2 Å². The van der Waals surface area contributed by atoms with Crippen molar-refractivity contribution in [3.05, 3.63) is 30.1 Å². The van der Waals surface area contributed by atoms with Crippen LogP contribution in [0.3, 0.4) is 0 Å². The molecule has 0 bridgehead atoms. The van der Waals surface area contributed by atoms with Gasteiger partial charge in [-0.3, -0.25) is 9.88 Å². The van der Waals surface area contributed by atoms with Gasteiger partial charge in [-0.05, 0) is 50.3 Å². The van der Waals surface area contributed by atoms with Crippen molar-refractivity contribution < 1.29 is 5.11 Å². The van der Waals surface area contributed by atoms with Crippen LogP contribution in [0.5, 0.6) is 0 Å². The Hall–Kier alpha value is -0.930. The number of likely N-dealkylation sites (N-methyl/N-ethyl adjacent to an activating group) is 1. The van der Waals surface area contributed by atoms with E-state index in [0.717, 1.165) is 56.9 Å². The van der Waals surface area contributed by atoms with Crippen LogP contribution < -0.4 is 0 Å². The number of aliphatic hydroxyl groups is 1. The van der Waals surface area contributed by atoms with Gasteiger partial charge in [0.25, 0.3) is 0 Å². The minimum atomic E-state index is -0.489. The second-order valence-electron chi connectivity index (χ2n) is 6.03. The third-order valence-electron chi connectivity index (χ3n) is 4.28. The molecule has 1 aliphatic rings. The fourth-order valence-electron chi connectivity index (χ4n) is 2.87. The standard InChI is InChI=1S/C16H26N2O/c1-3-18(12-15-6-4-5-11-17-15)13-16(19)9-7-14(2)8-10-16/h4-6,11,14,19H,3,7-10,12-13H2,1-2H3. The van der Waals surface area contributed by atoms with Crippen LogP contribution >= 0.6 is 0 Å². The highest BCUT2D eigenvalue weighted by atomic mass is 16.3. The molecule has 0 spiro atoms. The van der Waals surface area contributed by atoms with Gasteiger partial charge in [0, 0.05) is 19.3 Å². The molecule has 0 unspecified atom stereocenters. The van der Waals surface area contributed by atoms with Crippen LogP contribution in [0.15, 0.2) is 24.4 Å². The molecule has 0 atom stereocenters. The largest absolute Gasteiger partial charge is 0.389 e. The van der Waals surface area contributed by atoms with E-state index in [1.54, 1.807) is 0 Å². The first-order valence-electron chi connectivity index (χ1n) is 7.46. The van der Waals surface area contributed by atoms with E-state index in [1.807, 2.05) is 18.3 Å². The van der Waals surface area contributed by atoms with Gasteiger partial charge in [-0.1, -0.05) is 19.9 Å². The van der Waals surface area contributed by atoms with Crippen molar-refractivity contribution >= 4 is 0 Å². The number of hydrogen-bond donors (Lipinski definition) is 1. The van der Waals surface area contributed by atoms with Crippen LogP contribution in [0.2, 0.25) is 0 Å². The quantitative estimate of drug-likeness (QED) is 0.886. The summed E-state index contributed by atoms with van der Waals surface area (Å²) in [7, 11) is 0. The average Bonchev–Trinajstić information content (AvgIpc) is 2.43. The van der Waals surface area contributed by atoms with Crippen LogP contribution in [0, 0.1) is 5.92 Å². The highest BCUT2D eigenvalue weighted by Gasteiger charge is 2.33. The summed E-state index contributed by atoms with van der Waals surface area (Å²) in [6.45, 7) is 6.99. The molecule has 1 aliphatic carbocycles. The minimum Gasteiger partial charge on any atom is -0.389 e. The summed E-state index contributed by atoms with van der Waals surface area (Å²) >= 11 is 0. The van der Waals surface area contributed by atoms with Crippen LogP contribution in [-0.2, 0) is 6.54 Å². The number of hydrogen-bond acceptors (Lipinski definition) is 3. The fourth-order valence-corrected chi connectivity index (χ4v) is 2.87. The Kier molecular flexibility index (Phi) is 4.94. The average molecular weight is 262 g/mol. The third-order valence-corrected chi connectivity index (χ3v) is 4.28. The van der Waals surface area contributed by atoms with Crippen LogP contribution in [0.25, 0.3) is 0 Å². The smallest absolute Gasteiger partial charge is 0.0774 e. The zero-order valence-electron chi connectivity index (χ0n) is 12.2. The monoisotopic (exact) mass is 262 g/mol. The lowest BCUT2D eigenvalue weighted by atomic mass is 9.79. The predicted octanol–water partition coefficient (Wildman–Crippen LogP) is 2.84. The molecular weight excluding hydrogens is 236 g/mol. The summed E-state index contributed by atoms with van der Waals surface area (Å²) in [6, 6.07) is 6.01. The summed E-state index contributed by atoms with van der Waals surface area (Å²) in [6.07, 6.45) is 6.01. The van der Waals surface area contributed by atoms with Crippen molar-refractivity contribution in [2.75, 3.05) is 13.1 Å². The molecule has 1 aromatic heterocycles. The van der Waals surface area contributed by atoms with Crippen molar-refractivity contribution in [3.63, 3.8) is 0 Å². The summed E-state index contributed by atoms with van der Waals surface area (Å²) in [4.78, 5) is 6.67. The number of rotatable bonds is 5. The van der Waals surface area contributed by atoms with E-state index < -0.39 is 5.60 Å². The van der Waals surface area contributed by atoms with Gasteiger partial charge in [0.15, 0.2) is 0 Å². The Morgan fingerprint density at radius 2 is 2.11 bits per heavy atom. The van der Waals surface area contributed by atoms with Crippen molar-refractivity contribution in [2.45, 2.75) is 51.7 Å². The zero-order valence-corrected chi connectivity index (χ0v) is 12.2. The Morgan fingerprint density at radius 1 is 1.37 bits per heavy atom. The topological polar surface area (TPSA) is 36.4 Å². The highest BCUT2D eigenvalue weighted by Crippen LogP contribution is 2.32. The van der Waals surface area contributed by atoms with E-state index in [2.05, 4.69) is 29.8 Å². The molecule has 1 aromatic rings. The molecular formula is C16H26N2O. The zero-order chi connectivity index (χ0) is 13.7. The Bertz CT molecular complexity index is 372. The van der Waals surface area contributed by atoms with Gasteiger partial charge < -0.3 is 5.11 Å². The molecule has 0 aliphatic heterocycles. The summed E-state index contributed by atoms with van der Waals surface area (Å²) < 4.78 is 0. The first-order chi connectivity index (χ1) is 9.11. The maximum Gasteiger partial charge on any atom is 0.0774 e. The molecule has 106 valence electrons. The number of aromatic nitrogens is 1. The molecule has 19 heavy (non-hydrogen) atoms. The normalized spacial score (nSPS) is 27.7. The van der Waals surface area contributed by atoms with Crippen molar-refractivity contribution in [1.82, 2.24) is 9.88 Å². The Morgan fingerprint density at radius 3 is 2.68 bits per heavy atom. The first-order valence-corrected chi connectivity index (χ1v) is 7.46. The molecule has 3 nitrogen and oxygen atoms in total. The molecule has 3 heteroatoms. The van der Waals surface area contributed by atoms with Crippen molar-refractivity contribution in [3.8, 4) is 0 Å². The van der Waals surface area contributed by atoms with Gasteiger partial charge in [-0.25, -0.2) is 0 Å². The number of nitrogens with zero attached hydrogens (tertiary/aromatic N) is 2. The van der Waals surface area contributed by atoms with Gasteiger partial charge in [-0.2, -0.15) is 0 Å². The molecule has 0 saturated heterocycles. The van der Waals surface area contributed by atoms with E-state index in [9.17, 15) is 5.11 Å². The highest BCUT2D eigenvalue weighted by molar-refractivity contribution is 5.03. The van der Waals surface area contributed by atoms with E-state index >= 15 is 0 Å². The molecule has 1 N–H and O–H groups in total. The summed E-state index contributed by atoms with van der Waals surface area (Å²) in [5.74, 6) is 0.770. The fraction of sp³-hybridized carbons (Fsp3) is 0.688. The molecule has 0 amide bonds. The van der Waals surface area contributed by atoms with Gasteiger partial charge in [0.05, 0.1) is 11.3 Å². The number of pyridine rings is 1. The van der Waals surface area contributed by atoms with E-state index in [1.165, 1.54) is 0 Å². The molecule has 0 aromatic carbocycles. The lowest BCUT2D eigenvalue weighted by Gasteiger charge is -2.38. The van der Waals surface area contributed by atoms with E-state index in [4.69, 9.17) is 0 Å². The van der Waals surface area contributed by atoms with Gasteiger partial charge in [0.1, 0.15) is 0 Å². The maximum absolute atomic E-state index is 10.7. The lowest BCUT2D eigenvalue weighted by molar-refractivity contribution is -0.0360. The van der Waals surface area contributed by atoms with Gasteiger partial charge in [0.2, 0.25) is 0 Å². The lowest BCUT2D eigenvalue weighted by Crippen LogP contribution is -2.45. The summed E-state index contributed by atoms with van der Waals surface area (Å²) in [5.41, 5.74) is 0.592. The second kappa shape index (κ2) is 6.49. The van der Waals surface area contributed by atoms with Crippen molar-refractivity contribution in [2.24, 2.45) is 5.92 Å². The SMILES string of the molecule is CCN(Cc1ccccn1)CC1(O)CCC(C)CC1. The predicted molar refractivity (Wildman–Crippen MR) is 77.8 cm³/mol. The van der Waals surface area contributed by atoms with E-state index in [0.29, 0.717) is 0 Å². The molecule has 1 saturated carbocycles. The molecule has 1 fully saturated rings. The Balaban J connectivity index is 1.92. The molecule has 1 heterocycles. The first kappa shape index (κ1) is 14.5. The molecule has 2 rings (SSSR count). The molecule has 0 radical (unpaired) electrons. The van der Waals surface area contributed by atoms with Gasteiger partial charge >= 0.3 is 0 Å². The van der Waals surface area contributed by atoms with E-state index in [-0.39, 0.29) is 0 Å². The van der Waals surface area contributed by atoms with Crippen LogP contribution in [-0.4, -0.2) is 33.7 Å². The Labute approximate surface area is 116 Å². The van der Waals surface area contributed by atoms with Gasteiger partial charge in [-0.15, -0.1) is 0 Å². The summed E-state index contributed by atoms with van der Waals surface area (Å²) in [5, 5.41) is 10.7. The maximum atomic E-state index is 10.7. The third kappa shape index (κ3) is 4.29. The second-order valence-corrected chi connectivity index (χ2v) is 6.03.